The molecule has 14 heavy (non-hydrogen) atoms. The molecule has 0 aliphatic carbocycles. The molecular weight excluding hydrogens is 206 g/mol. The Bertz CT molecular complexity index is 452. The van der Waals surface area contributed by atoms with Crippen molar-refractivity contribution in [2.45, 2.75) is 0 Å². The molecule has 5 nitrogen and oxygen atoms in total. The molecule has 0 aliphatic rings. The van der Waals surface area contributed by atoms with Gasteiger partial charge in [0.25, 0.3) is 0 Å². The molecule has 0 saturated heterocycles. The third-order valence-electron chi connectivity index (χ3n) is 1.46. The Kier molecular flexibility index (Phi) is 2.76. The van der Waals surface area contributed by atoms with Crippen LogP contribution in [-0.2, 0) is 10.0 Å². The van der Waals surface area contributed by atoms with Crippen LogP contribution in [0.1, 0.15) is 10.4 Å². The van der Waals surface area contributed by atoms with Crippen LogP contribution in [0.2, 0.25) is 0 Å². The van der Waals surface area contributed by atoms with E-state index in [1.54, 1.807) is 0 Å². The first-order valence-electron chi connectivity index (χ1n) is 3.68. The van der Waals surface area contributed by atoms with E-state index in [-0.39, 0.29) is 17.0 Å². The Morgan fingerprint density at radius 2 is 2.07 bits per heavy atom. The molecule has 0 heterocycles. The van der Waals surface area contributed by atoms with Crippen molar-refractivity contribution in [2.75, 3.05) is 11.0 Å². The molecule has 76 valence electrons. The predicted molar refractivity (Wildman–Crippen MR) is 52.0 cm³/mol. The zero-order chi connectivity index (χ0) is 10.8. The Balaban J connectivity index is 3.04. The summed E-state index contributed by atoms with van der Waals surface area (Å²) in [5.74, 6) is -0.256. The Morgan fingerprint density at radius 3 is 2.50 bits per heavy atom. The highest BCUT2D eigenvalue weighted by molar-refractivity contribution is 7.92. The highest BCUT2D eigenvalue weighted by Gasteiger charge is 2.05. The van der Waals surface area contributed by atoms with Gasteiger partial charge in [0.05, 0.1) is 17.5 Å². The quantitative estimate of drug-likeness (QED) is 0.722. The summed E-state index contributed by atoms with van der Waals surface area (Å²) < 4.78 is 23.8. The Hall–Kier alpha value is -1.56. The zero-order valence-corrected chi connectivity index (χ0v) is 8.21. The molecular formula is C8H9NO4S. The summed E-state index contributed by atoms with van der Waals surface area (Å²) in [6, 6.07) is 3.89. The molecule has 0 bridgehead atoms. The summed E-state index contributed by atoms with van der Waals surface area (Å²) >= 11 is 0. The molecule has 2 N–H and O–H groups in total. The normalized spacial score (nSPS) is 10.9. The molecule has 0 unspecified atom stereocenters. The zero-order valence-electron chi connectivity index (χ0n) is 7.39. The van der Waals surface area contributed by atoms with Crippen LogP contribution in [0.3, 0.4) is 0 Å². The number of sulfonamides is 1. The lowest BCUT2D eigenvalue weighted by Crippen LogP contribution is -2.09. The van der Waals surface area contributed by atoms with Crippen molar-refractivity contribution in [3.63, 3.8) is 0 Å². The summed E-state index contributed by atoms with van der Waals surface area (Å²) in [7, 11) is -3.36. The number of aldehydes is 1. The lowest BCUT2D eigenvalue weighted by molar-refractivity contribution is 0.112. The SMILES string of the molecule is CS(=O)(=O)Nc1ccc(C=O)c(O)c1. The number of phenolic OH excluding ortho intramolecular Hbond substituents is 1. The van der Waals surface area contributed by atoms with E-state index >= 15 is 0 Å². The summed E-state index contributed by atoms with van der Waals surface area (Å²) in [5.41, 5.74) is 0.333. The van der Waals surface area contributed by atoms with Gasteiger partial charge in [0.1, 0.15) is 5.75 Å². The van der Waals surface area contributed by atoms with Crippen LogP contribution in [0.15, 0.2) is 18.2 Å². The van der Waals surface area contributed by atoms with E-state index in [9.17, 15) is 18.3 Å². The number of hydrogen-bond acceptors (Lipinski definition) is 4. The van der Waals surface area contributed by atoms with E-state index in [0.717, 1.165) is 6.26 Å². The van der Waals surface area contributed by atoms with Crippen molar-refractivity contribution in [1.29, 1.82) is 0 Å². The molecule has 1 aromatic carbocycles. The predicted octanol–water partition coefficient (Wildman–Crippen LogP) is 0.576. The maximum atomic E-state index is 10.8. The van der Waals surface area contributed by atoms with E-state index in [4.69, 9.17) is 0 Å². The van der Waals surface area contributed by atoms with Crippen LogP contribution >= 0.6 is 0 Å². The second kappa shape index (κ2) is 3.67. The minimum absolute atomic E-state index is 0.115. The van der Waals surface area contributed by atoms with Crippen molar-refractivity contribution >= 4 is 22.0 Å². The summed E-state index contributed by atoms with van der Waals surface area (Å²) in [5, 5.41) is 9.22. The Labute approximate surface area is 81.4 Å². The molecule has 0 amide bonds. The van der Waals surface area contributed by atoms with Gasteiger partial charge in [-0.3, -0.25) is 9.52 Å². The van der Waals surface area contributed by atoms with Crippen molar-refractivity contribution in [2.24, 2.45) is 0 Å². The van der Waals surface area contributed by atoms with Crippen LogP contribution in [0.4, 0.5) is 5.69 Å². The van der Waals surface area contributed by atoms with Crippen molar-refractivity contribution in [1.82, 2.24) is 0 Å². The third-order valence-corrected chi connectivity index (χ3v) is 2.07. The van der Waals surface area contributed by atoms with Gasteiger partial charge in [-0.2, -0.15) is 0 Å². The van der Waals surface area contributed by atoms with Gasteiger partial charge in [-0.15, -0.1) is 0 Å². The highest BCUT2D eigenvalue weighted by atomic mass is 32.2. The molecule has 0 fully saturated rings. The maximum Gasteiger partial charge on any atom is 0.229 e. The molecule has 0 aliphatic heterocycles. The van der Waals surface area contributed by atoms with Gasteiger partial charge in [0.2, 0.25) is 10.0 Å². The lowest BCUT2D eigenvalue weighted by Gasteiger charge is -2.04. The molecule has 0 radical (unpaired) electrons. The summed E-state index contributed by atoms with van der Waals surface area (Å²) in [6.45, 7) is 0. The number of rotatable bonds is 3. The minimum Gasteiger partial charge on any atom is -0.507 e. The van der Waals surface area contributed by atoms with Crippen LogP contribution in [0.25, 0.3) is 0 Å². The van der Waals surface area contributed by atoms with Gasteiger partial charge in [0.15, 0.2) is 6.29 Å². The fourth-order valence-electron chi connectivity index (χ4n) is 0.921. The molecule has 1 rings (SSSR count). The van der Waals surface area contributed by atoms with E-state index in [1.807, 2.05) is 0 Å². The van der Waals surface area contributed by atoms with Gasteiger partial charge in [0, 0.05) is 6.07 Å². The number of carbonyl (C=O) groups excluding carboxylic acids is 1. The van der Waals surface area contributed by atoms with Crippen molar-refractivity contribution in [3.8, 4) is 5.75 Å². The number of benzene rings is 1. The van der Waals surface area contributed by atoms with Crippen LogP contribution in [-0.4, -0.2) is 26.1 Å². The number of anilines is 1. The second-order valence-corrected chi connectivity index (χ2v) is 4.51. The summed E-state index contributed by atoms with van der Waals surface area (Å²) in [4.78, 5) is 10.3. The van der Waals surface area contributed by atoms with E-state index in [0.29, 0.717) is 6.29 Å². The lowest BCUT2D eigenvalue weighted by atomic mass is 10.2. The molecule has 6 heteroatoms. The molecule has 0 saturated carbocycles. The average molecular weight is 215 g/mol. The number of phenols is 1. The molecule has 0 spiro atoms. The van der Waals surface area contributed by atoms with Gasteiger partial charge < -0.3 is 5.11 Å². The smallest absolute Gasteiger partial charge is 0.229 e. The van der Waals surface area contributed by atoms with Crippen molar-refractivity contribution in [3.05, 3.63) is 23.8 Å². The van der Waals surface area contributed by atoms with Gasteiger partial charge in [-0.1, -0.05) is 0 Å². The Morgan fingerprint density at radius 1 is 1.43 bits per heavy atom. The van der Waals surface area contributed by atoms with E-state index in [1.165, 1.54) is 18.2 Å². The number of nitrogens with one attached hydrogen (secondary N) is 1. The fourth-order valence-corrected chi connectivity index (χ4v) is 1.48. The third kappa shape index (κ3) is 2.74. The number of aromatic hydroxyl groups is 1. The average Bonchev–Trinajstić information content (AvgIpc) is 2.01. The van der Waals surface area contributed by atoms with E-state index < -0.39 is 10.0 Å². The summed E-state index contributed by atoms with van der Waals surface area (Å²) in [6.07, 6.45) is 1.48. The first-order valence-corrected chi connectivity index (χ1v) is 5.57. The van der Waals surface area contributed by atoms with Crippen LogP contribution in [0.5, 0.6) is 5.75 Å². The molecule has 0 atom stereocenters. The molecule has 0 aromatic heterocycles. The second-order valence-electron chi connectivity index (χ2n) is 2.77. The van der Waals surface area contributed by atoms with Gasteiger partial charge in [-0.05, 0) is 12.1 Å². The van der Waals surface area contributed by atoms with Crippen LogP contribution in [0, 0.1) is 0 Å². The maximum absolute atomic E-state index is 10.8. The first kappa shape index (κ1) is 10.5. The van der Waals surface area contributed by atoms with E-state index in [2.05, 4.69) is 4.72 Å². The largest absolute Gasteiger partial charge is 0.507 e. The monoisotopic (exact) mass is 215 g/mol. The number of carbonyl (C=O) groups is 1. The highest BCUT2D eigenvalue weighted by Crippen LogP contribution is 2.20. The topological polar surface area (TPSA) is 83.5 Å². The first-order chi connectivity index (χ1) is 6.42. The standard InChI is InChI=1S/C8H9NO4S/c1-14(12,13)9-7-3-2-6(5-10)8(11)4-7/h2-5,9,11H,1H3. The van der Waals surface area contributed by atoms with Crippen molar-refractivity contribution < 1.29 is 18.3 Å². The minimum atomic E-state index is -3.36. The van der Waals surface area contributed by atoms with Crippen LogP contribution < -0.4 is 4.72 Å². The fraction of sp³-hybridized carbons (Fsp3) is 0.125. The number of hydrogen-bond donors (Lipinski definition) is 2. The van der Waals surface area contributed by atoms with Gasteiger partial charge in [-0.25, -0.2) is 8.42 Å². The molecule has 1 aromatic rings. The van der Waals surface area contributed by atoms with Gasteiger partial charge >= 0.3 is 0 Å².